The summed E-state index contributed by atoms with van der Waals surface area (Å²) in [4.78, 5) is 10.1. The second-order valence-corrected chi connectivity index (χ2v) is 9.21. The summed E-state index contributed by atoms with van der Waals surface area (Å²) in [7, 11) is 0. The van der Waals surface area contributed by atoms with Crippen molar-refractivity contribution in [3.63, 3.8) is 0 Å². The molecule has 4 aromatic heterocycles. The van der Waals surface area contributed by atoms with Crippen molar-refractivity contribution in [2.75, 3.05) is 0 Å². The van der Waals surface area contributed by atoms with Gasteiger partial charge in [0, 0.05) is 16.8 Å². The zero-order valence-corrected chi connectivity index (χ0v) is 23.2. The number of para-hydroxylation sites is 2. The van der Waals surface area contributed by atoms with E-state index in [1.165, 1.54) is 0 Å². The van der Waals surface area contributed by atoms with E-state index in [2.05, 4.69) is 36.2 Å². The Labute approximate surface area is 236 Å². The molecular formula is C31H24N6Pt. The number of pyridine rings is 2. The van der Waals surface area contributed by atoms with Gasteiger partial charge in [-0.2, -0.15) is 10.2 Å². The van der Waals surface area contributed by atoms with Crippen molar-refractivity contribution in [1.29, 1.82) is 0 Å². The average Bonchev–Trinajstić information content (AvgIpc) is 3.65. The Morgan fingerprint density at radius 3 is 1.39 bits per heavy atom. The van der Waals surface area contributed by atoms with Crippen LogP contribution in [0.25, 0.3) is 34.2 Å². The largest absolute Gasteiger partial charge is 2.00 e. The van der Waals surface area contributed by atoms with Crippen LogP contribution in [0.5, 0.6) is 0 Å². The topological polar surface area (TPSA) is 61.4 Å². The van der Waals surface area contributed by atoms with Crippen LogP contribution in [0, 0.1) is 12.1 Å². The fraction of sp³-hybridized carbons (Fsp3) is 0.0968. The molecule has 0 saturated carbocycles. The molecule has 0 amide bonds. The van der Waals surface area contributed by atoms with E-state index in [4.69, 9.17) is 9.97 Å². The first-order chi connectivity index (χ1) is 18.1. The van der Waals surface area contributed by atoms with Gasteiger partial charge < -0.3 is 9.97 Å². The summed E-state index contributed by atoms with van der Waals surface area (Å²) < 4.78 is 3.72. The van der Waals surface area contributed by atoms with E-state index in [0.29, 0.717) is 0 Å². The normalized spacial score (nSPS) is 11.2. The maximum atomic E-state index is 5.05. The van der Waals surface area contributed by atoms with Gasteiger partial charge in [-0.15, -0.1) is 12.1 Å². The van der Waals surface area contributed by atoms with Crippen LogP contribution < -0.4 is 0 Å². The van der Waals surface area contributed by atoms with Crippen LogP contribution in [-0.4, -0.2) is 29.5 Å². The Bertz CT molecular complexity index is 1530. The van der Waals surface area contributed by atoms with Crippen molar-refractivity contribution in [2.45, 2.75) is 19.3 Å². The molecule has 0 fully saturated rings. The van der Waals surface area contributed by atoms with E-state index in [-0.39, 0.29) is 21.1 Å². The Kier molecular flexibility index (Phi) is 7.17. The third kappa shape index (κ3) is 4.75. The molecule has 0 aliphatic rings. The summed E-state index contributed by atoms with van der Waals surface area (Å²) in [6.07, 6.45) is 3.36. The second kappa shape index (κ2) is 10.7. The molecule has 6 aromatic rings. The van der Waals surface area contributed by atoms with Crippen molar-refractivity contribution in [2.24, 2.45) is 0 Å². The molecular weight excluding hydrogens is 651 g/mol. The van der Waals surface area contributed by atoms with Gasteiger partial charge in [0.15, 0.2) is 0 Å². The van der Waals surface area contributed by atoms with Crippen molar-refractivity contribution in [1.82, 2.24) is 29.5 Å². The summed E-state index contributed by atoms with van der Waals surface area (Å²) >= 11 is 0. The quantitative estimate of drug-likeness (QED) is 0.200. The van der Waals surface area contributed by atoms with Crippen LogP contribution in [0.15, 0.2) is 109 Å². The molecule has 0 N–H and O–H groups in total. The van der Waals surface area contributed by atoms with Gasteiger partial charge in [0.25, 0.3) is 0 Å². The molecule has 4 heterocycles. The SMILES string of the molecule is CC(C)(c1cccc(-c2[c-]cnn2-c2ccccc2)n1)c1cccc(-c2[c-]cnn2-c2ccccc2)n1.[Pt+2]. The van der Waals surface area contributed by atoms with Crippen molar-refractivity contribution >= 4 is 0 Å². The van der Waals surface area contributed by atoms with Crippen LogP contribution in [0.2, 0.25) is 0 Å². The van der Waals surface area contributed by atoms with Gasteiger partial charge in [-0.25, -0.2) is 12.1 Å². The van der Waals surface area contributed by atoms with Crippen LogP contribution in [0.1, 0.15) is 25.2 Å². The molecule has 0 atom stereocenters. The Morgan fingerprint density at radius 2 is 0.974 bits per heavy atom. The van der Waals surface area contributed by atoms with Gasteiger partial charge in [-0.05, 0) is 62.6 Å². The fourth-order valence-electron chi connectivity index (χ4n) is 4.39. The van der Waals surface area contributed by atoms with E-state index in [1.807, 2.05) is 106 Å². The molecule has 0 bridgehead atoms. The van der Waals surface area contributed by atoms with E-state index >= 15 is 0 Å². The summed E-state index contributed by atoms with van der Waals surface area (Å²) in [5.74, 6) is 0. The van der Waals surface area contributed by atoms with Crippen LogP contribution in [-0.2, 0) is 26.5 Å². The van der Waals surface area contributed by atoms with Crippen molar-refractivity contribution < 1.29 is 21.1 Å². The van der Waals surface area contributed by atoms with Crippen molar-refractivity contribution in [3.8, 4) is 34.2 Å². The minimum atomic E-state index is -0.457. The summed E-state index contributed by atoms with van der Waals surface area (Å²) in [5.41, 5.74) is 6.52. The molecule has 0 aliphatic heterocycles. The predicted octanol–water partition coefficient (Wildman–Crippen LogP) is 6.11. The van der Waals surface area contributed by atoms with E-state index in [0.717, 1.165) is 45.5 Å². The maximum absolute atomic E-state index is 5.05. The van der Waals surface area contributed by atoms with E-state index < -0.39 is 5.41 Å². The number of nitrogens with zero attached hydrogens (tertiary/aromatic N) is 6. The molecule has 188 valence electrons. The van der Waals surface area contributed by atoms with E-state index in [9.17, 15) is 0 Å². The maximum Gasteiger partial charge on any atom is 2.00 e. The van der Waals surface area contributed by atoms with Gasteiger partial charge in [0.1, 0.15) is 0 Å². The molecule has 0 spiro atoms. The summed E-state index contributed by atoms with van der Waals surface area (Å²) in [6.45, 7) is 4.28. The van der Waals surface area contributed by atoms with Gasteiger partial charge in [0.05, 0.1) is 11.4 Å². The van der Waals surface area contributed by atoms with Crippen LogP contribution >= 0.6 is 0 Å². The third-order valence-electron chi connectivity index (χ3n) is 6.44. The molecule has 6 nitrogen and oxygen atoms in total. The first-order valence-corrected chi connectivity index (χ1v) is 12.1. The standard InChI is InChI=1S/C31H24N6.Pt/c1-31(2,29-17-9-15-25(34-29)27-19-21-32-36(27)23-11-5-3-6-12-23)30-18-10-16-26(35-30)28-20-22-33-37(28)24-13-7-4-8-14-24;/h3-18,21-22H,1-2H3;/q-2;+2. The summed E-state index contributed by atoms with van der Waals surface area (Å²) in [5, 5.41) is 8.97. The van der Waals surface area contributed by atoms with Gasteiger partial charge in [0.2, 0.25) is 0 Å². The number of benzene rings is 2. The van der Waals surface area contributed by atoms with Gasteiger partial charge >= 0.3 is 21.1 Å². The van der Waals surface area contributed by atoms with Crippen molar-refractivity contribution in [3.05, 3.63) is 133 Å². The Hall–Kier alpha value is -4.15. The Balaban J connectivity index is 0.00000294. The first kappa shape index (κ1) is 25.5. The predicted molar refractivity (Wildman–Crippen MR) is 143 cm³/mol. The molecule has 2 aromatic carbocycles. The first-order valence-electron chi connectivity index (χ1n) is 12.1. The van der Waals surface area contributed by atoms with Gasteiger partial charge in [-0.3, -0.25) is 9.36 Å². The molecule has 38 heavy (non-hydrogen) atoms. The van der Waals surface area contributed by atoms with Crippen LogP contribution in [0.4, 0.5) is 0 Å². The van der Waals surface area contributed by atoms with Crippen LogP contribution in [0.3, 0.4) is 0 Å². The van der Waals surface area contributed by atoms with E-state index in [1.54, 1.807) is 12.4 Å². The molecule has 0 radical (unpaired) electrons. The smallest absolute Gasteiger partial charge is 0.345 e. The minimum Gasteiger partial charge on any atom is -0.345 e. The number of hydrogen-bond acceptors (Lipinski definition) is 4. The molecule has 7 heteroatoms. The molecule has 0 saturated heterocycles. The number of hydrogen-bond donors (Lipinski definition) is 0. The number of rotatable bonds is 6. The second-order valence-electron chi connectivity index (χ2n) is 9.21. The average molecular weight is 676 g/mol. The fourth-order valence-corrected chi connectivity index (χ4v) is 4.39. The van der Waals surface area contributed by atoms with Gasteiger partial charge in [-0.1, -0.05) is 71.3 Å². The monoisotopic (exact) mass is 675 g/mol. The molecule has 0 aliphatic carbocycles. The Morgan fingerprint density at radius 1 is 0.553 bits per heavy atom. The number of aromatic nitrogens is 6. The molecule has 0 unspecified atom stereocenters. The zero-order valence-electron chi connectivity index (χ0n) is 20.9. The summed E-state index contributed by atoms with van der Waals surface area (Å²) in [6, 6.07) is 38.6. The zero-order chi connectivity index (χ0) is 25.2. The minimum absolute atomic E-state index is 0. The molecule has 6 rings (SSSR count). The third-order valence-corrected chi connectivity index (χ3v) is 6.44.